The largest absolute Gasteiger partial charge is 0.414 e. The Morgan fingerprint density at radius 3 is 2.24 bits per heavy atom. The Morgan fingerprint density at radius 2 is 1.76 bits per heavy atom. The predicted molar refractivity (Wildman–Crippen MR) is 140 cm³/mol. The number of amides is 2. The van der Waals surface area contributed by atoms with E-state index >= 15 is 4.39 Å². The molecule has 2 aliphatic rings. The molecule has 2 amide bonds. The molecular formula is C24H46FN3O4Si2. The molecule has 0 radical (unpaired) electrons. The minimum absolute atomic E-state index is 0.0308. The summed E-state index contributed by atoms with van der Waals surface area (Å²) >= 11 is 0. The van der Waals surface area contributed by atoms with E-state index in [0.717, 1.165) is 0 Å². The van der Waals surface area contributed by atoms with Gasteiger partial charge in [0.15, 0.2) is 29.0 Å². The van der Waals surface area contributed by atoms with Gasteiger partial charge in [-0.3, -0.25) is 4.90 Å². The summed E-state index contributed by atoms with van der Waals surface area (Å²) in [5, 5.41) is 2.43. The number of carbonyl (C=O) groups excluding carboxylic acids is 1. The molecule has 0 aromatic carbocycles. The third-order valence-corrected chi connectivity index (χ3v) is 16.8. The zero-order valence-corrected chi connectivity index (χ0v) is 24.7. The number of alkyl halides is 1. The molecule has 5 atom stereocenters. The molecule has 1 saturated heterocycles. The number of nitrogens with two attached hydrogens (primary N) is 1. The van der Waals surface area contributed by atoms with E-state index < -0.39 is 52.9 Å². The van der Waals surface area contributed by atoms with Gasteiger partial charge in [0.1, 0.15) is 11.7 Å². The van der Waals surface area contributed by atoms with Crippen molar-refractivity contribution in [3.05, 3.63) is 24.9 Å². The summed E-state index contributed by atoms with van der Waals surface area (Å²) in [6, 6.07) is -0.506. The van der Waals surface area contributed by atoms with Crippen LogP contribution in [0.2, 0.25) is 36.3 Å². The van der Waals surface area contributed by atoms with Gasteiger partial charge in [0, 0.05) is 6.20 Å². The van der Waals surface area contributed by atoms with Crippen LogP contribution in [0.4, 0.5) is 9.18 Å². The lowest BCUT2D eigenvalue weighted by Gasteiger charge is -2.45. The number of urea groups is 1. The highest BCUT2D eigenvalue weighted by atomic mass is 28.4. The first kappa shape index (κ1) is 29.2. The zero-order valence-electron chi connectivity index (χ0n) is 22.7. The predicted octanol–water partition coefficient (Wildman–Crippen LogP) is 5.23. The maximum atomic E-state index is 16.3. The Balaban J connectivity index is 2.51. The van der Waals surface area contributed by atoms with Crippen molar-refractivity contribution < 1.29 is 22.8 Å². The van der Waals surface area contributed by atoms with Crippen molar-refractivity contribution in [1.29, 1.82) is 0 Å². The molecule has 10 heteroatoms. The molecule has 34 heavy (non-hydrogen) atoms. The molecular weight excluding hydrogens is 469 g/mol. The highest BCUT2D eigenvalue weighted by Crippen LogP contribution is 2.47. The molecule has 0 aromatic heterocycles. The van der Waals surface area contributed by atoms with E-state index in [4.69, 9.17) is 19.3 Å². The number of ether oxygens (including phenoxy) is 1. The first-order chi connectivity index (χ1) is 15.3. The number of hydrogen-bond acceptors (Lipinski definition) is 5. The third-order valence-electron chi connectivity index (χ3n) is 7.89. The van der Waals surface area contributed by atoms with E-state index in [2.05, 4.69) is 79.6 Å². The Labute approximate surface area is 207 Å². The Kier molecular flexibility index (Phi) is 8.39. The molecule has 0 aliphatic carbocycles. The summed E-state index contributed by atoms with van der Waals surface area (Å²) in [5.74, 6) is 0. The number of carbonyl (C=O) groups is 1. The van der Waals surface area contributed by atoms with E-state index in [0.29, 0.717) is 6.42 Å². The van der Waals surface area contributed by atoms with Crippen LogP contribution in [-0.4, -0.2) is 64.4 Å². The van der Waals surface area contributed by atoms with Gasteiger partial charge >= 0.3 is 6.03 Å². The number of rotatable bonds is 8. The van der Waals surface area contributed by atoms with Crippen LogP contribution in [-0.2, 0) is 13.6 Å². The molecule has 0 saturated carbocycles. The summed E-state index contributed by atoms with van der Waals surface area (Å²) in [6.07, 6.45) is 0.845. The fraction of sp³-hybridized carbons (Fsp3) is 0.792. The van der Waals surface area contributed by atoms with E-state index in [-0.39, 0.29) is 16.7 Å². The van der Waals surface area contributed by atoms with Crippen molar-refractivity contribution in [2.75, 3.05) is 6.61 Å². The second kappa shape index (κ2) is 9.78. The third kappa shape index (κ3) is 5.84. The van der Waals surface area contributed by atoms with Crippen molar-refractivity contribution >= 4 is 22.7 Å². The summed E-state index contributed by atoms with van der Waals surface area (Å²) in [5.41, 5.74) is 4.67. The molecule has 7 nitrogen and oxygen atoms in total. The van der Waals surface area contributed by atoms with Crippen LogP contribution < -0.4 is 11.1 Å². The van der Waals surface area contributed by atoms with Gasteiger partial charge in [0.05, 0.1) is 12.8 Å². The smallest absolute Gasteiger partial charge is 0.325 e. The molecule has 2 aliphatic heterocycles. The van der Waals surface area contributed by atoms with Crippen molar-refractivity contribution in [2.24, 2.45) is 5.73 Å². The standard InChI is InChI=1S/C24H46FN3O4Si2/c1-12-14-24(16-30-33(8,9)22(2,3)4)19(32-34(10,11)23(5,6)7)18(25)20(31-24)28-15-13-17(26)27-21(28)29/h12-13,15,17-20H,1,14,16,26H2,2-11H3,(H,27,29)/t17?,18-,19?,20-,24-/m1/s1. The van der Waals surface area contributed by atoms with Gasteiger partial charge < -0.3 is 24.6 Å². The highest BCUT2D eigenvalue weighted by Gasteiger charge is 2.61. The summed E-state index contributed by atoms with van der Waals surface area (Å²) in [7, 11) is -4.59. The van der Waals surface area contributed by atoms with E-state index in [1.807, 2.05) is 0 Å². The Morgan fingerprint density at radius 1 is 1.21 bits per heavy atom. The van der Waals surface area contributed by atoms with Crippen molar-refractivity contribution in [3.63, 3.8) is 0 Å². The molecule has 3 N–H and O–H groups in total. The molecule has 1 fully saturated rings. The number of nitrogens with zero attached hydrogens (tertiary/aromatic N) is 1. The quantitative estimate of drug-likeness (QED) is 0.341. The molecule has 0 aromatic rings. The van der Waals surface area contributed by atoms with Gasteiger partial charge in [-0.2, -0.15) is 0 Å². The number of halogens is 1. The molecule has 0 spiro atoms. The second-order valence-corrected chi connectivity index (χ2v) is 22.1. The number of hydrogen-bond donors (Lipinski definition) is 2. The topological polar surface area (TPSA) is 86.0 Å². The van der Waals surface area contributed by atoms with E-state index in [1.165, 1.54) is 11.1 Å². The molecule has 2 heterocycles. The molecule has 196 valence electrons. The first-order valence-corrected chi connectivity index (χ1v) is 17.9. The Bertz CT molecular complexity index is 794. The normalized spacial score (nSPS) is 31.1. The average molecular weight is 516 g/mol. The van der Waals surface area contributed by atoms with Gasteiger partial charge in [-0.15, -0.1) is 6.58 Å². The van der Waals surface area contributed by atoms with Crippen molar-refractivity contribution in [2.45, 2.75) is 114 Å². The van der Waals surface area contributed by atoms with Crippen LogP contribution in [0, 0.1) is 0 Å². The second-order valence-electron chi connectivity index (χ2n) is 12.6. The van der Waals surface area contributed by atoms with Crippen LogP contribution >= 0.6 is 0 Å². The molecule has 0 bridgehead atoms. The lowest BCUT2D eigenvalue weighted by atomic mass is 9.93. The fourth-order valence-electron chi connectivity index (χ4n) is 3.51. The van der Waals surface area contributed by atoms with E-state index in [1.54, 1.807) is 12.2 Å². The summed E-state index contributed by atoms with van der Waals surface area (Å²) in [4.78, 5) is 13.9. The monoisotopic (exact) mass is 515 g/mol. The summed E-state index contributed by atoms with van der Waals surface area (Å²) in [6.45, 7) is 25.4. The fourth-order valence-corrected chi connectivity index (χ4v) is 5.88. The van der Waals surface area contributed by atoms with Gasteiger partial charge in [-0.05, 0) is 48.8 Å². The van der Waals surface area contributed by atoms with Crippen LogP contribution in [0.1, 0.15) is 48.0 Å². The van der Waals surface area contributed by atoms with Gasteiger partial charge in [0.2, 0.25) is 0 Å². The van der Waals surface area contributed by atoms with E-state index in [9.17, 15) is 4.79 Å². The Hall–Kier alpha value is -1.05. The van der Waals surface area contributed by atoms with Crippen molar-refractivity contribution in [3.8, 4) is 0 Å². The van der Waals surface area contributed by atoms with Gasteiger partial charge in [0.25, 0.3) is 0 Å². The van der Waals surface area contributed by atoms with Gasteiger partial charge in [-0.25, -0.2) is 9.18 Å². The summed E-state index contributed by atoms with van der Waals surface area (Å²) < 4.78 is 36.0. The van der Waals surface area contributed by atoms with Crippen LogP contribution in [0.25, 0.3) is 0 Å². The SMILES string of the molecule is C=CC[C@]1(CO[Si](C)(C)C(C)(C)C)O[C@@H](N2C=CC(N)NC2=O)[C@H](F)C1O[Si](C)(C)C(C)(C)C. The first-order valence-electron chi connectivity index (χ1n) is 12.1. The highest BCUT2D eigenvalue weighted by molar-refractivity contribution is 6.74. The lowest BCUT2D eigenvalue weighted by molar-refractivity contribution is -0.125. The number of nitrogens with one attached hydrogen (secondary N) is 1. The van der Waals surface area contributed by atoms with Crippen LogP contribution in [0.3, 0.4) is 0 Å². The maximum absolute atomic E-state index is 16.3. The lowest BCUT2D eigenvalue weighted by Crippen LogP contribution is -2.56. The minimum atomic E-state index is -2.40. The maximum Gasteiger partial charge on any atom is 0.325 e. The van der Waals surface area contributed by atoms with Crippen LogP contribution in [0.15, 0.2) is 24.9 Å². The minimum Gasteiger partial charge on any atom is -0.414 e. The average Bonchev–Trinajstić information content (AvgIpc) is 2.91. The van der Waals surface area contributed by atoms with Gasteiger partial charge in [-0.1, -0.05) is 47.6 Å². The molecule has 2 rings (SSSR count). The molecule has 2 unspecified atom stereocenters. The zero-order chi connectivity index (χ0) is 26.3. The van der Waals surface area contributed by atoms with Crippen LogP contribution in [0.5, 0.6) is 0 Å². The van der Waals surface area contributed by atoms with Crippen molar-refractivity contribution in [1.82, 2.24) is 10.2 Å².